The van der Waals surface area contributed by atoms with Crippen molar-refractivity contribution in [3.63, 3.8) is 0 Å². The summed E-state index contributed by atoms with van der Waals surface area (Å²) in [5, 5.41) is 0. The van der Waals surface area contributed by atoms with Gasteiger partial charge >= 0.3 is 0 Å². The maximum atomic E-state index is 5.45. The minimum Gasteiger partial charge on any atom is -0.115 e. The van der Waals surface area contributed by atoms with Gasteiger partial charge in [0, 0.05) is 5.56 Å². The lowest BCUT2D eigenvalue weighted by atomic mass is 9.68. The molecule has 23 heavy (non-hydrogen) atoms. The normalized spacial score (nSPS) is 31.8. The van der Waals surface area contributed by atoms with Crippen molar-refractivity contribution in [2.75, 3.05) is 0 Å². The van der Waals surface area contributed by atoms with E-state index in [1.165, 1.54) is 56.9 Å². The lowest BCUT2D eigenvalue weighted by Crippen LogP contribution is -2.25. The van der Waals surface area contributed by atoms with Crippen LogP contribution in [0.5, 0.6) is 0 Å². The van der Waals surface area contributed by atoms with E-state index in [-0.39, 0.29) is 0 Å². The van der Waals surface area contributed by atoms with Crippen molar-refractivity contribution >= 4 is 0 Å². The lowest BCUT2D eigenvalue weighted by Gasteiger charge is -2.37. The molecule has 0 atom stereocenters. The highest BCUT2D eigenvalue weighted by atomic mass is 14.4. The van der Waals surface area contributed by atoms with Crippen LogP contribution in [0, 0.1) is 30.1 Å². The molecule has 1 aromatic rings. The number of rotatable bonds is 3. The molecule has 0 heteroatoms. The van der Waals surface area contributed by atoms with Gasteiger partial charge in [-0.2, -0.15) is 0 Å². The first-order chi connectivity index (χ1) is 11.3. The largest absolute Gasteiger partial charge is 0.115 e. The summed E-state index contributed by atoms with van der Waals surface area (Å²) in [6.07, 6.45) is 21.5. The Morgan fingerprint density at radius 2 is 1.43 bits per heavy atom. The second-order valence-electron chi connectivity index (χ2n) is 7.58. The van der Waals surface area contributed by atoms with Crippen LogP contribution >= 0.6 is 0 Å². The third-order valence-corrected chi connectivity index (χ3v) is 6.27. The number of hydrogen-bond donors (Lipinski definition) is 0. The smallest absolute Gasteiger partial charge is 0.0242 e. The average Bonchev–Trinajstić information content (AvgIpc) is 2.63. The molecule has 0 aromatic heterocycles. The molecule has 2 aliphatic carbocycles. The summed E-state index contributed by atoms with van der Waals surface area (Å²) < 4.78 is 0. The fourth-order valence-corrected chi connectivity index (χ4v) is 4.86. The van der Waals surface area contributed by atoms with Crippen LogP contribution in [0.1, 0.15) is 75.3 Å². The zero-order valence-electron chi connectivity index (χ0n) is 14.5. The van der Waals surface area contributed by atoms with E-state index < -0.39 is 0 Å². The first-order valence-electron chi connectivity index (χ1n) is 9.49. The molecule has 3 rings (SSSR count). The Morgan fingerprint density at radius 3 is 1.96 bits per heavy atom. The molecule has 0 saturated heterocycles. The molecule has 0 N–H and O–H groups in total. The summed E-state index contributed by atoms with van der Waals surface area (Å²) in [5.74, 6) is 6.33. The summed E-state index contributed by atoms with van der Waals surface area (Å²) in [6.45, 7) is 2.16. The summed E-state index contributed by atoms with van der Waals surface area (Å²) in [7, 11) is 0. The van der Waals surface area contributed by atoms with Crippen LogP contribution in [0.4, 0.5) is 0 Å². The van der Waals surface area contributed by atoms with Gasteiger partial charge in [0.2, 0.25) is 0 Å². The predicted octanol–water partition coefficient (Wildman–Crippen LogP) is 6.32. The molecule has 0 heterocycles. The monoisotopic (exact) mass is 306 g/mol. The topological polar surface area (TPSA) is 0 Å². The first-order valence-corrected chi connectivity index (χ1v) is 9.49. The van der Waals surface area contributed by atoms with Crippen molar-refractivity contribution in [1.29, 1.82) is 0 Å². The Morgan fingerprint density at radius 1 is 0.870 bits per heavy atom. The highest BCUT2D eigenvalue weighted by Crippen LogP contribution is 2.44. The van der Waals surface area contributed by atoms with Crippen molar-refractivity contribution in [2.24, 2.45) is 17.8 Å². The van der Waals surface area contributed by atoms with E-state index in [4.69, 9.17) is 6.42 Å². The van der Waals surface area contributed by atoms with Crippen LogP contribution in [-0.2, 0) is 0 Å². The quantitative estimate of drug-likeness (QED) is 0.452. The van der Waals surface area contributed by atoms with Crippen molar-refractivity contribution in [3.05, 3.63) is 47.5 Å². The van der Waals surface area contributed by atoms with Gasteiger partial charge in [-0.15, -0.1) is 6.42 Å². The third kappa shape index (κ3) is 4.08. The molecular weight excluding hydrogens is 276 g/mol. The van der Waals surface area contributed by atoms with Crippen LogP contribution < -0.4 is 0 Å². The summed E-state index contributed by atoms with van der Waals surface area (Å²) in [5.41, 5.74) is 2.50. The Hall–Kier alpha value is -1.48. The van der Waals surface area contributed by atoms with Gasteiger partial charge in [0.25, 0.3) is 0 Å². The molecule has 2 saturated carbocycles. The highest BCUT2D eigenvalue weighted by Gasteiger charge is 2.30. The minimum absolute atomic E-state index is 0.762. The van der Waals surface area contributed by atoms with Crippen LogP contribution in [-0.4, -0.2) is 0 Å². The molecule has 0 nitrogen and oxygen atoms in total. The third-order valence-electron chi connectivity index (χ3n) is 6.27. The SMILES string of the molecule is C#Cc1ccc(C2CCC(C3CCC(/C=C/C)CC3)CC2)cc1. The maximum absolute atomic E-state index is 5.45. The van der Waals surface area contributed by atoms with Gasteiger partial charge in [-0.25, -0.2) is 0 Å². The number of allylic oxidation sites excluding steroid dienone is 2. The van der Waals surface area contributed by atoms with E-state index >= 15 is 0 Å². The van der Waals surface area contributed by atoms with Gasteiger partial charge in [0.1, 0.15) is 0 Å². The molecule has 0 radical (unpaired) electrons. The van der Waals surface area contributed by atoms with E-state index in [1.54, 1.807) is 0 Å². The molecule has 0 amide bonds. The summed E-state index contributed by atoms with van der Waals surface area (Å²) >= 11 is 0. The predicted molar refractivity (Wildman–Crippen MR) is 99.3 cm³/mol. The fraction of sp³-hybridized carbons (Fsp3) is 0.565. The van der Waals surface area contributed by atoms with E-state index in [2.05, 4.69) is 49.3 Å². The molecule has 2 aliphatic rings. The van der Waals surface area contributed by atoms with Crippen LogP contribution in [0.2, 0.25) is 0 Å². The van der Waals surface area contributed by atoms with Crippen LogP contribution in [0.3, 0.4) is 0 Å². The Bertz CT molecular complexity index is 541. The molecule has 1 aromatic carbocycles. The van der Waals surface area contributed by atoms with Gasteiger partial charge in [-0.05, 0) is 99.7 Å². The average molecular weight is 306 g/mol. The molecule has 2 fully saturated rings. The Balaban J connectivity index is 1.49. The number of benzene rings is 1. The fourth-order valence-electron chi connectivity index (χ4n) is 4.86. The summed E-state index contributed by atoms with van der Waals surface area (Å²) in [4.78, 5) is 0. The second-order valence-corrected chi connectivity index (χ2v) is 7.58. The Labute approximate surface area is 142 Å². The summed E-state index contributed by atoms with van der Waals surface area (Å²) in [6, 6.07) is 8.71. The van der Waals surface area contributed by atoms with E-state index in [1.807, 2.05) is 0 Å². The van der Waals surface area contributed by atoms with Gasteiger partial charge in [0.15, 0.2) is 0 Å². The van der Waals surface area contributed by atoms with Gasteiger partial charge < -0.3 is 0 Å². The van der Waals surface area contributed by atoms with Crippen molar-refractivity contribution in [3.8, 4) is 12.3 Å². The first kappa shape index (κ1) is 16.4. The van der Waals surface area contributed by atoms with Gasteiger partial charge in [0.05, 0.1) is 0 Å². The second kappa shape index (κ2) is 7.87. The molecule has 0 bridgehead atoms. The zero-order valence-corrected chi connectivity index (χ0v) is 14.5. The van der Waals surface area contributed by atoms with E-state index in [0.717, 1.165) is 29.2 Å². The van der Waals surface area contributed by atoms with Crippen molar-refractivity contribution < 1.29 is 0 Å². The van der Waals surface area contributed by atoms with Crippen molar-refractivity contribution in [2.45, 2.75) is 64.2 Å². The van der Waals surface area contributed by atoms with Gasteiger partial charge in [-0.3, -0.25) is 0 Å². The Kier molecular flexibility index (Phi) is 5.60. The van der Waals surface area contributed by atoms with E-state index in [0.29, 0.717) is 0 Å². The molecule has 0 aliphatic heterocycles. The minimum atomic E-state index is 0.762. The number of terminal acetylenes is 1. The molecule has 122 valence electrons. The number of hydrogen-bond acceptors (Lipinski definition) is 0. The maximum Gasteiger partial charge on any atom is 0.0242 e. The molecule has 0 spiro atoms. The van der Waals surface area contributed by atoms with Crippen molar-refractivity contribution in [1.82, 2.24) is 0 Å². The van der Waals surface area contributed by atoms with E-state index in [9.17, 15) is 0 Å². The van der Waals surface area contributed by atoms with Gasteiger partial charge in [-0.1, -0.05) is 30.2 Å². The highest BCUT2D eigenvalue weighted by molar-refractivity contribution is 5.35. The molecule has 0 unspecified atom stereocenters. The van der Waals surface area contributed by atoms with Crippen LogP contribution in [0.15, 0.2) is 36.4 Å². The lowest BCUT2D eigenvalue weighted by molar-refractivity contribution is 0.171. The standard InChI is InChI=1S/C23H30/c1-3-5-19-8-12-21(13-9-19)23-16-14-22(15-17-23)20-10-6-18(4-2)7-11-20/h2-3,5-7,10-11,19,21-23H,8-9,12-17H2,1H3/b5-3+. The zero-order chi connectivity index (χ0) is 16.1. The van der Waals surface area contributed by atoms with Crippen LogP contribution in [0.25, 0.3) is 0 Å². The molecular formula is C23H30.